The molecular formula is C31H39N3O4S2. The zero-order valence-corrected chi connectivity index (χ0v) is 25.7. The summed E-state index contributed by atoms with van der Waals surface area (Å²) in [4.78, 5) is 29.6. The molecule has 0 bridgehead atoms. The Balaban J connectivity index is 1.98. The van der Waals surface area contributed by atoms with Gasteiger partial charge in [0.15, 0.2) is 0 Å². The van der Waals surface area contributed by atoms with Crippen molar-refractivity contribution in [2.45, 2.75) is 62.4 Å². The van der Waals surface area contributed by atoms with Crippen molar-refractivity contribution in [1.82, 2.24) is 10.2 Å². The molecule has 2 amide bonds. The van der Waals surface area contributed by atoms with Gasteiger partial charge in [0.05, 0.1) is 10.6 Å². The highest BCUT2D eigenvalue weighted by molar-refractivity contribution is 7.98. The SMILES string of the molecule is CSc1ccc(S(=O)(=O)N(CC(=O)N(CCc2ccccc2)[C@H](C)C(=O)NC(C)(C)C)c2ccc(C)cc2)cc1. The van der Waals surface area contributed by atoms with Crippen LogP contribution in [0, 0.1) is 6.92 Å². The van der Waals surface area contributed by atoms with Crippen LogP contribution in [0.3, 0.4) is 0 Å². The topological polar surface area (TPSA) is 86.8 Å². The molecule has 7 nitrogen and oxygen atoms in total. The first-order valence-electron chi connectivity index (χ1n) is 13.2. The van der Waals surface area contributed by atoms with E-state index in [4.69, 9.17) is 0 Å². The second-order valence-electron chi connectivity index (χ2n) is 10.8. The molecule has 0 aromatic heterocycles. The minimum atomic E-state index is -4.09. The van der Waals surface area contributed by atoms with Crippen LogP contribution in [0.1, 0.15) is 38.8 Å². The standard InChI is InChI=1S/C31H39N3O4S2/c1-23-12-14-26(15-13-23)34(40(37,38)28-18-16-27(39-6)17-19-28)22-29(35)33(21-20-25-10-8-7-9-11-25)24(2)30(36)32-31(3,4)5/h7-19,24H,20-22H2,1-6H3,(H,32,36)/t24-/m1/s1. The third-order valence-electron chi connectivity index (χ3n) is 6.40. The molecule has 0 fully saturated rings. The third kappa shape index (κ3) is 8.35. The number of rotatable bonds is 11. The van der Waals surface area contributed by atoms with Crippen LogP contribution in [0.5, 0.6) is 0 Å². The molecule has 0 aliphatic heterocycles. The Bertz CT molecular complexity index is 1390. The van der Waals surface area contributed by atoms with Crippen molar-refractivity contribution < 1.29 is 18.0 Å². The Labute approximate surface area is 243 Å². The number of amides is 2. The normalized spacial score (nSPS) is 12.4. The lowest BCUT2D eigenvalue weighted by atomic mass is 10.1. The zero-order chi connectivity index (χ0) is 29.5. The second-order valence-corrected chi connectivity index (χ2v) is 13.5. The maximum atomic E-state index is 13.9. The number of aryl methyl sites for hydroxylation is 1. The number of thioether (sulfide) groups is 1. The van der Waals surface area contributed by atoms with E-state index in [-0.39, 0.29) is 17.3 Å². The molecular weight excluding hydrogens is 542 g/mol. The number of nitrogens with one attached hydrogen (secondary N) is 1. The lowest BCUT2D eigenvalue weighted by molar-refractivity contribution is -0.139. The van der Waals surface area contributed by atoms with E-state index in [2.05, 4.69) is 5.32 Å². The van der Waals surface area contributed by atoms with Gasteiger partial charge in [-0.05, 0) is 89.3 Å². The van der Waals surface area contributed by atoms with Crippen molar-refractivity contribution in [2.24, 2.45) is 0 Å². The minimum Gasteiger partial charge on any atom is -0.350 e. The van der Waals surface area contributed by atoms with E-state index in [0.29, 0.717) is 12.1 Å². The van der Waals surface area contributed by atoms with E-state index >= 15 is 0 Å². The Hall–Kier alpha value is -3.30. The molecule has 0 aliphatic rings. The number of hydrogen-bond donors (Lipinski definition) is 1. The largest absolute Gasteiger partial charge is 0.350 e. The average molecular weight is 582 g/mol. The van der Waals surface area contributed by atoms with Crippen molar-refractivity contribution in [3.63, 3.8) is 0 Å². The van der Waals surface area contributed by atoms with Crippen molar-refractivity contribution in [1.29, 1.82) is 0 Å². The number of sulfonamides is 1. The molecule has 0 saturated heterocycles. The van der Waals surface area contributed by atoms with Gasteiger partial charge in [0, 0.05) is 17.0 Å². The van der Waals surface area contributed by atoms with Crippen LogP contribution in [0.4, 0.5) is 5.69 Å². The summed E-state index contributed by atoms with van der Waals surface area (Å²) in [6, 6.07) is 22.5. The molecule has 214 valence electrons. The van der Waals surface area contributed by atoms with Gasteiger partial charge in [0.25, 0.3) is 10.0 Å². The van der Waals surface area contributed by atoms with E-state index in [1.54, 1.807) is 43.3 Å². The van der Waals surface area contributed by atoms with Gasteiger partial charge in [0.1, 0.15) is 12.6 Å². The van der Waals surface area contributed by atoms with Crippen LogP contribution in [0.2, 0.25) is 0 Å². The van der Waals surface area contributed by atoms with Crippen molar-refractivity contribution in [3.05, 3.63) is 90.0 Å². The Kier molecular flexibility index (Phi) is 10.4. The maximum Gasteiger partial charge on any atom is 0.264 e. The summed E-state index contributed by atoms with van der Waals surface area (Å²) in [6.45, 7) is 9.03. The summed E-state index contributed by atoms with van der Waals surface area (Å²) in [5.74, 6) is -0.760. The van der Waals surface area contributed by atoms with Gasteiger partial charge in [0.2, 0.25) is 11.8 Å². The number of carbonyl (C=O) groups excluding carboxylic acids is 2. The predicted octanol–water partition coefficient (Wildman–Crippen LogP) is 5.29. The van der Waals surface area contributed by atoms with Crippen LogP contribution in [-0.4, -0.2) is 56.1 Å². The van der Waals surface area contributed by atoms with E-state index in [1.165, 1.54) is 16.7 Å². The number of anilines is 1. The van der Waals surface area contributed by atoms with E-state index in [1.807, 2.05) is 76.4 Å². The van der Waals surface area contributed by atoms with Gasteiger partial charge >= 0.3 is 0 Å². The Morgan fingerprint density at radius 1 is 0.925 bits per heavy atom. The van der Waals surface area contributed by atoms with Crippen molar-refractivity contribution in [3.8, 4) is 0 Å². The molecule has 0 unspecified atom stereocenters. The van der Waals surface area contributed by atoms with Crippen LogP contribution in [-0.2, 0) is 26.0 Å². The minimum absolute atomic E-state index is 0.0908. The average Bonchev–Trinajstić information content (AvgIpc) is 2.92. The molecule has 0 saturated carbocycles. The highest BCUT2D eigenvalue weighted by Gasteiger charge is 2.33. The first-order chi connectivity index (χ1) is 18.8. The third-order valence-corrected chi connectivity index (χ3v) is 8.93. The Morgan fingerprint density at radius 2 is 1.52 bits per heavy atom. The van der Waals surface area contributed by atoms with Gasteiger partial charge in [-0.2, -0.15) is 0 Å². The summed E-state index contributed by atoms with van der Waals surface area (Å²) in [5.41, 5.74) is 1.87. The van der Waals surface area contributed by atoms with Crippen molar-refractivity contribution in [2.75, 3.05) is 23.7 Å². The van der Waals surface area contributed by atoms with Gasteiger partial charge in [-0.1, -0.05) is 48.0 Å². The predicted molar refractivity (Wildman–Crippen MR) is 163 cm³/mol. The fraction of sp³-hybridized carbons (Fsp3) is 0.355. The molecule has 3 aromatic carbocycles. The number of carbonyl (C=O) groups is 2. The first-order valence-corrected chi connectivity index (χ1v) is 15.9. The highest BCUT2D eigenvalue weighted by Crippen LogP contribution is 2.26. The molecule has 1 N–H and O–H groups in total. The molecule has 1 atom stereocenters. The molecule has 0 aliphatic carbocycles. The Morgan fingerprint density at radius 3 is 2.08 bits per heavy atom. The van der Waals surface area contributed by atoms with Gasteiger partial charge in [-0.15, -0.1) is 11.8 Å². The van der Waals surface area contributed by atoms with Crippen LogP contribution < -0.4 is 9.62 Å². The molecule has 40 heavy (non-hydrogen) atoms. The molecule has 0 heterocycles. The summed E-state index contributed by atoms with van der Waals surface area (Å²) in [6.07, 6.45) is 2.44. The zero-order valence-electron chi connectivity index (χ0n) is 24.0. The van der Waals surface area contributed by atoms with Gasteiger partial charge in [-0.3, -0.25) is 13.9 Å². The van der Waals surface area contributed by atoms with Crippen LogP contribution >= 0.6 is 11.8 Å². The summed E-state index contributed by atoms with van der Waals surface area (Å²) in [5, 5.41) is 2.94. The van der Waals surface area contributed by atoms with E-state index in [0.717, 1.165) is 20.3 Å². The van der Waals surface area contributed by atoms with E-state index < -0.39 is 34.1 Å². The van der Waals surface area contributed by atoms with Crippen molar-refractivity contribution >= 4 is 39.3 Å². The fourth-order valence-corrected chi connectivity index (χ4v) is 5.98. The lowest BCUT2D eigenvalue weighted by Gasteiger charge is -2.33. The number of benzene rings is 3. The van der Waals surface area contributed by atoms with Crippen LogP contribution in [0.15, 0.2) is 88.7 Å². The molecule has 0 radical (unpaired) electrons. The molecule has 9 heteroatoms. The van der Waals surface area contributed by atoms with Crippen LogP contribution in [0.25, 0.3) is 0 Å². The first kappa shape index (κ1) is 31.2. The fourth-order valence-electron chi connectivity index (χ4n) is 4.16. The summed E-state index contributed by atoms with van der Waals surface area (Å²) in [7, 11) is -4.09. The number of nitrogens with zero attached hydrogens (tertiary/aromatic N) is 2. The quantitative estimate of drug-likeness (QED) is 0.311. The highest BCUT2D eigenvalue weighted by atomic mass is 32.2. The number of hydrogen-bond acceptors (Lipinski definition) is 5. The molecule has 3 rings (SSSR count). The van der Waals surface area contributed by atoms with Gasteiger partial charge < -0.3 is 10.2 Å². The van der Waals surface area contributed by atoms with Gasteiger partial charge in [-0.25, -0.2) is 8.42 Å². The molecule has 0 spiro atoms. The lowest BCUT2D eigenvalue weighted by Crippen LogP contribution is -2.55. The smallest absolute Gasteiger partial charge is 0.264 e. The summed E-state index contributed by atoms with van der Waals surface area (Å²) < 4.78 is 29.0. The second kappa shape index (κ2) is 13.4. The van der Waals surface area contributed by atoms with E-state index in [9.17, 15) is 18.0 Å². The maximum absolute atomic E-state index is 13.9. The summed E-state index contributed by atoms with van der Waals surface area (Å²) >= 11 is 1.52. The molecule has 3 aromatic rings. The monoisotopic (exact) mass is 581 g/mol.